The van der Waals surface area contributed by atoms with Gasteiger partial charge in [-0.25, -0.2) is 4.79 Å². The minimum absolute atomic E-state index is 0.298. The van der Waals surface area contributed by atoms with E-state index in [-0.39, 0.29) is 6.03 Å². The Kier molecular flexibility index (Phi) is 5.33. The molecule has 1 aromatic heterocycles. The first-order chi connectivity index (χ1) is 12.4. The molecule has 0 bridgehead atoms. The lowest BCUT2D eigenvalue weighted by Crippen LogP contribution is -2.28. The summed E-state index contributed by atoms with van der Waals surface area (Å²) >= 11 is 1.56. The van der Waals surface area contributed by atoms with Gasteiger partial charge in [0.2, 0.25) is 0 Å². The number of fused-ring (bicyclic) bond motifs is 1. The molecular formula is C21H25N3OS. The van der Waals surface area contributed by atoms with Gasteiger partial charge in [0.1, 0.15) is 11.1 Å². The van der Waals surface area contributed by atoms with E-state index < -0.39 is 0 Å². The fourth-order valence-corrected chi connectivity index (χ4v) is 4.81. The topological polar surface area (TPSA) is 64.9 Å². The highest BCUT2D eigenvalue weighted by Crippen LogP contribution is 2.45. The van der Waals surface area contributed by atoms with Crippen LogP contribution >= 0.6 is 11.3 Å². The molecule has 1 aromatic carbocycles. The van der Waals surface area contributed by atoms with Gasteiger partial charge in [-0.1, -0.05) is 45.4 Å². The largest absolute Gasteiger partial charge is 0.324 e. The second kappa shape index (κ2) is 7.51. The predicted molar refractivity (Wildman–Crippen MR) is 108 cm³/mol. The molecule has 0 saturated heterocycles. The molecule has 0 radical (unpaired) electrons. The Morgan fingerprint density at radius 3 is 2.69 bits per heavy atom. The molecule has 0 spiro atoms. The molecule has 0 fully saturated rings. The number of urea groups is 1. The van der Waals surface area contributed by atoms with Crippen molar-refractivity contribution in [2.45, 2.75) is 46.5 Å². The molecule has 5 heteroatoms. The molecule has 1 aliphatic carbocycles. The van der Waals surface area contributed by atoms with Gasteiger partial charge in [-0.3, -0.25) is 5.32 Å². The Bertz CT molecular complexity index is 833. The van der Waals surface area contributed by atoms with E-state index in [2.05, 4.69) is 37.5 Å². The van der Waals surface area contributed by atoms with Gasteiger partial charge in [-0.2, -0.15) is 5.26 Å². The molecule has 1 unspecified atom stereocenters. The van der Waals surface area contributed by atoms with Crippen molar-refractivity contribution in [1.29, 1.82) is 5.26 Å². The number of nitrogens with zero attached hydrogens (tertiary/aromatic N) is 1. The van der Waals surface area contributed by atoms with Gasteiger partial charge >= 0.3 is 6.03 Å². The monoisotopic (exact) mass is 367 g/mol. The van der Waals surface area contributed by atoms with Crippen LogP contribution in [0.3, 0.4) is 0 Å². The first kappa shape index (κ1) is 18.5. The molecule has 0 aliphatic heterocycles. The van der Waals surface area contributed by atoms with E-state index in [1.165, 1.54) is 4.88 Å². The molecule has 26 heavy (non-hydrogen) atoms. The summed E-state index contributed by atoms with van der Waals surface area (Å²) in [5.41, 5.74) is 2.80. The van der Waals surface area contributed by atoms with Gasteiger partial charge < -0.3 is 5.32 Å². The van der Waals surface area contributed by atoms with Gasteiger partial charge in [0.25, 0.3) is 0 Å². The number of anilines is 2. The fourth-order valence-electron chi connectivity index (χ4n) is 3.53. The highest BCUT2D eigenvalue weighted by atomic mass is 32.1. The summed E-state index contributed by atoms with van der Waals surface area (Å²) in [5, 5.41) is 16.0. The van der Waals surface area contributed by atoms with Crippen LogP contribution in [0.2, 0.25) is 0 Å². The van der Waals surface area contributed by atoms with Crippen LogP contribution in [0, 0.1) is 22.7 Å². The first-order valence-electron chi connectivity index (χ1n) is 9.12. The number of nitriles is 1. The molecule has 136 valence electrons. The third kappa shape index (κ3) is 3.76. The average molecular weight is 368 g/mol. The zero-order valence-electron chi connectivity index (χ0n) is 15.6. The van der Waals surface area contributed by atoms with Gasteiger partial charge in [-0.15, -0.1) is 11.3 Å². The third-order valence-electron chi connectivity index (χ3n) is 5.65. The van der Waals surface area contributed by atoms with Crippen molar-refractivity contribution in [3.8, 4) is 6.07 Å². The molecule has 1 aliphatic rings. The summed E-state index contributed by atoms with van der Waals surface area (Å²) in [4.78, 5) is 13.6. The molecule has 1 atom stereocenters. The molecule has 2 N–H and O–H groups in total. The second-order valence-corrected chi connectivity index (χ2v) is 8.65. The number of hydrogen-bond donors (Lipinski definition) is 2. The van der Waals surface area contributed by atoms with E-state index in [0.29, 0.717) is 21.9 Å². The number of amides is 2. The fraction of sp³-hybridized carbons (Fsp3) is 0.429. The maximum Gasteiger partial charge on any atom is 0.324 e. The lowest BCUT2D eigenvalue weighted by molar-refractivity contribution is 0.184. The maximum absolute atomic E-state index is 12.3. The summed E-state index contributed by atoms with van der Waals surface area (Å²) in [6.07, 6.45) is 4.17. The number of thiophene rings is 1. The van der Waals surface area contributed by atoms with Crippen molar-refractivity contribution in [3.63, 3.8) is 0 Å². The lowest BCUT2D eigenvalue weighted by Gasteiger charge is -2.36. The number of carbonyl (C=O) groups is 1. The normalized spacial score (nSPS) is 16.5. The highest BCUT2D eigenvalue weighted by molar-refractivity contribution is 7.16. The van der Waals surface area contributed by atoms with Crippen LogP contribution in [-0.2, 0) is 12.8 Å². The van der Waals surface area contributed by atoms with Crippen molar-refractivity contribution in [3.05, 3.63) is 46.3 Å². The van der Waals surface area contributed by atoms with E-state index in [0.717, 1.165) is 36.9 Å². The van der Waals surface area contributed by atoms with Crippen LogP contribution in [0.25, 0.3) is 0 Å². The minimum Gasteiger partial charge on any atom is -0.308 e. The van der Waals surface area contributed by atoms with Gasteiger partial charge in [-0.05, 0) is 48.3 Å². The van der Waals surface area contributed by atoms with Crippen LogP contribution in [0.1, 0.15) is 49.6 Å². The Hall–Kier alpha value is -2.32. The van der Waals surface area contributed by atoms with E-state index >= 15 is 0 Å². The Morgan fingerprint density at radius 1 is 1.31 bits per heavy atom. The standard InChI is InChI=1S/C21H25N3OS/c1-4-21(2,3)14-10-11-16-17(13-22)19(26-18(16)12-14)24-20(25)23-15-8-6-5-7-9-15/h5-9,14H,4,10-12H2,1-3H3,(H2,23,24,25). The average Bonchev–Trinajstić information content (AvgIpc) is 2.98. The summed E-state index contributed by atoms with van der Waals surface area (Å²) in [6.45, 7) is 6.90. The van der Waals surface area contributed by atoms with Gasteiger partial charge in [0, 0.05) is 10.6 Å². The van der Waals surface area contributed by atoms with Crippen LogP contribution < -0.4 is 10.6 Å². The van der Waals surface area contributed by atoms with Crippen LogP contribution in [0.15, 0.2) is 30.3 Å². The number of rotatable bonds is 4. The molecule has 2 amide bonds. The summed E-state index contributed by atoms with van der Waals surface area (Å²) in [6, 6.07) is 11.3. The van der Waals surface area contributed by atoms with E-state index in [1.54, 1.807) is 11.3 Å². The summed E-state index contributed by atoms with van der Waals surface area (Å²) in [5.74, 6) is 0.621. The second-order valence-electron chi connectivity index (χ2n) is 7.55. The molecular weight excluding hydrogens is 342 g/mol. The molecule has 0 saturated carbocycles. The predicted octanol–water partition coefficient (Wildman–Crippen LogP) is 5.80. The quantitative estimate of drug-likeness (QED) is 0.716. The van der Waals surface area contributed by atoms with Gasteiger partial charge in [0.15, 0.2) is 0 Å². The third-order valence-corrected chi connectivity index (χ3v) is 6.82. The Labute approximate surface area is 159 Å². The minimum atomic E-state index is -0.309. The SMILES string of the molecule is CCC(C)(C)C1CCc2c(sc(NC(=O)Nc3ccccc3)c2C#N)C1. The highest BCUT2D eigenvalue weighted by Gasteiger charge is 2.34. The summed E-state index contributed by atoms with van der Waals surface area (Å²) in [7, 11) is 0. The lowest BCUT2D eigenvalue weighted by atomic mass is 9.69. The Balaban J connectivity index is 1.78. The van der Waals surface area contributed by atoms with Crippen LogP contribution in [0.4, 0.5) is 15.5 Å². The zero-order chi connectivity index (χ0) is 18.7. The van der Waals surface area contributed by atoms with Crippen molar-refractivity contribution in [2.75, 3.05) is 10.6 Å². The first-order valence-corrected chi connectivity index (χ1v) is 9.94. The van der Waals surface area contributed by atoms with Crippen LogP contribution in [-0.4, -0.2) is 6.03 Å². The van der Waals surface area contributed by atoms with E-state index in [1.807, 2.05) is 30.3 Å². The molecule has 2 aromatic rings. The number of hydrogen-bond acceptors (Lipinski definition) is 3. The number of nitrogens with one attached hydrogen (secondary N) is 2. The number of para-hydroxylation sites is 1. The molecule has 1 heterocycles. The Morgan fingerprint density at radius 2 is 2.04 bits per heavy atom. The van der Waals surface area contributed by atoms with Crippen molar-refractivity contribution in [2.24, 2.45) is 11.3 Å². The maximum atomic E-state index is 12.3. The van der Waals surface area contributed by atoms with E-state index in [9.17, 15) is 10.1 Å². The number of carbonyl (C=O) groups excluding carboxylic acids is 1. The number of benzene rings is 1. The molecule has 4 nitrogen and oxygen atoms in total. The molecule has 3 rings (SSSR count). The zero-order valence-corrected chi connectivity index (χ0v) is 16.4. The summed E-state index contributed by atoms with van der Waals surface area (Å²) < 4.78 is 0. The van der Waals surface area contributed by atoms with Crippen LogP contribution in [0.5, 0.6) is 0 Å². The van der Waals surface area contributed by atoms with Crippen molar-refractivity contribution >= 4 is 28.1 Å². The van der Waals surface area contributed by atoms with Gasteiger partial charge in [0.05, 0.1) is 5.56 Å². The smallest absolute Gasteiger partial charge is 0.308 e. The van der Waals surface area contributed by atoms with Crippen molar-refractivity contribution in [1.82, 2.24) is 0 Å². The van der Waals surface area contributed by atoms with E-state index in [4.69, 9.17) is 0 Å². The van der Waals surface area contributed by atoms with Crippen molar-refractivity contribution < 1.29 is 4.79 Å².